The Bertz CT molecular complexity index is 708. The summed E-state index contributed by atoms with van der Waals surface area (Å²) < 4.78 is 19.6. The largest absolute Gasteiger partial charge is 0.495 e. The van der Waals surface area contributed by atoms with Crippen molar-refractivity contribution in [3.63, 3.8) is 0 Å². The van der Waals surface area contributed by atoms with E-state index in [2.05, 4.69) is 5.32 Å². The van der Waals surface area contributed by atoms with Gasteiger partial charge in [0, 0.05) is 5.56 Å². The fourth-order valence-electron chi connectivity index (χ4n) is 3.44. The predicted octanol–water partition coefficient (Wildman–Crippen LogP) is 4.28. The number of methoxy groups -OCH3 is 1. The number of amides is 1. The van der Waals surface area contributed by atoms with Gasteiger partial charge < -0.3 is 10.1 Å². The molecule has 1 amide bonds. The third kappa shape index (κ3) is 2.81. The van der Waals surface area contributed by atoms with Crippen molar-refractivity contribution in [2.45, 2.75) is 31.1 Å². The van der Waals surface area contributed by atoms with Crippen LogP contribution in [-0.2, 0) is 10.2 Å². The average Bonchev–Trinajstić information content (AvgIpc) is 3.06. The highest BCUT2D eigenvalue weighted by Gasteiger charge is 2.44. The lowest BCUT2D eigenvalue weighted by Crippen LogP contribution is -2.38. The Balaban J connectivity index is 1.96. The molecule has 2 aromatic rings. The monoisotopic (exact) mass is 313 g/mol. The first-order chi connectivity index (χ1) is 11.2. The van der Waals surface area contributed by atoms with Crippen LogP contribution in [0.4, 0.5) is 10.1 Å². The zero-order valence-corrected chi connectivity index (χ0v) is 13.1. The topological polar surface area (TPSA) is 38.3 Å². The van der Waals surface area contributed by atoms with Crippen molar-refractivity contribution in [2.75, 3.05) is 12.4 Å². The van der Waals surface area contributed by atoms with Gasteiger partial charge in [0.2, 0.25) is 5.91 Å². The second-order valence-corrected chi connectivity index (χ2v) is 5.92. The fourth-order valence-corrected chi connectivity index (χ4v) is 3.44. The molecule has 3 rings (SSSR count). The lowest BCUT2D eigenvalue weighted by atomic mass is 9.77. The number of carbonyl (C=O) groups is 1. The highest BCUT2D eigenvalue weighted by molar-refractivity contribution is 6.00. The molecule has 1 fully saturated rings. The first-order valence-corrected chi connectivity index (χ1v) is 7.87. The number of ether oxygens (including phenoxy) is 1. The molecular formula is C19H20FNO2. The Morgan fingerprint density at radius 2 is 1.74 bits per heavy atom. The number of anilines is 1. The molecule has 1 saturated carbocycles. The molecule has 3 nitrogen and oxygen atoms in total. The Morgan fingerprint density at radius 1 is 1.09 bits per heavy atom. The van der Waals surface area contributed by atoms with Gasteiger partial charge in [-0.05, 0) is 31.0 Å². The highest BCUT2D eigenvalue weighted by Crippen LogP contribution is 2.43. The van der Waals surface area contributed by atoms with Gasteiger partial charge in [0.25, 0.3) is 0 Å². The van der Waals surface area contributed by atoms with Gasteiger partial charge in [0.05, 0.1) is 18.2 Å². The van der Waals surface area contributed by atoms with E-state index in [0.717, 1.165) is 12.8 Å². The van der Waals surface area contributed by atoms with Crippen LogP contribution < -0.4 is 10.1 Å². The van der Waals surface area contributed by atoms with Crippen molar-refractivity contribution in [1.82, 2.24) is 0 Å². The van der Waals surface area contributed by atoms with Crippen molar-refractivity contribution < 1.29 is 13.9 Å². The maximum Gasteiger partial charge on any atom is 0.235 e. The molecule has 0 bridgehead atoms. The summed E-state index contributed by atoms with van der Waals surface area (Å²) in [5.41, 5.74) is 0.305. The van der Waals surface area contributed by atoms with Crippen LogP contribution in [-0.4, -0.2) is 13.0 Å². The molecule has 4 heteroatoms. The van der Waals surface area contributed by atoms with Crippen LogP contribution in [0.25, 0.3) is 0 Å². The Labute approximate surface area is 135 Å². The second kappa shape index (κ2) is 6.41. The van der Waals surface area contributed by atoms with E-state index < -0.39 is 5.41 Å². The summed E-state index contributed by atoms with van der Waals surface area (Å²) >= 11 is 0. The Kier molecular flexibility index (Phi) is 4.33. The lowest BCUT2D eigenvalue weighted by molar-refractivity contribution is -0.121. The first-order valence-electron chi connectivity index (χ1n) is 7.87. The van der Waals surface area contributed by atoms with Crippen LogP contribution >= 0.6 is 0 Å². The highest BCUT2D eigenvalue weighted by atomic mass is 19.1. The molecule has 0 saturated heterocycles. The Morgan fingerprint density at radius 3 is 2.43 bits per heavy atom. The van der Waals surface area contributed by atoms with Crippen LogP contribution in [0.3, 0.4) is 0 Å². The zero-order chi connectivity index (χ0) is 16.3. The van der Waals surface area contributed by atoms with Gasteiger partial charge in [-0.25, -0.2) is 4.39 Å². The van der Waals surface area contributed by atoms with Crippen molar-refractivity contribution in [1.29, 1.82) is 0 Å². The minimum Gasteiger partial charge on any atom is -0.495 e. The molecule has 0 atom stereocenters. The van der Waals surface area contributed by atoms with E-state index in [4.69, 9.17) is 4.74 Å². The normalized spacial score (nSPS) is 16.1. The average molecular weight is 313 g/mol. The summed E-state index contributed by atoms with van der Waals surface area (Å²) in [5.74, 6) is 0.122. The number of carbonyl (C=O) groups excluding carboxylic acids is 1. The van der Waals surface area contributed by atoms with Gasteiger partial charge in [-0.1, -0.05) is 43.2 Å². The molecule has 0 aliphatic heterocycles. The van der Waals surface area contributed by atoms with Crippen LogP contribution in [0, 0.1) is 5.82 Å². The summed E-state index contributed by atoms with van der Waals surface area (Å²) in [6.07, 6.45) is 3.17. The maximum absolute atomic E-state index is 14.3. The smallest absolute Gasteiger partial charge is 0.235 e. The molecule has 1 N–H and O–H groups in total. The number of hydrogen-bond donors (Lipinski definition) is 1. The van der Waals surface area contributed by atoms with Crippen molar-refractivity contribution >= 4 is 11.6 Å². The molecular weight excluding hydrogens is 293 g/mol. The van der Waals surface area contributed by atoms with Crippen molar-refractivity contribution in [3.05, 3.63) is 59.9 Å². The predicted molar refractivity (Wildman–Crippen MR) is 88.2 cm³/mol. The van der Waals surface area contributed by atoms with E-state index in [9.17, 15) is 9.18 Å². The minimum absolute atomic E-state index is 0.162. The van der Waals surface area contributed by atoms with Gasteiger partial charge in [-0.2, -0.15) is 0 Å². The summed E-state index contributed by atoms with van der Waals surface area (Å²) in [5, 5.41) is 2.94. The summed E-state index contributed by atoms with van der Waals surface area (Å²) in [4.78, 5) is 13.0. The van der Waals surface area contributed by atoms with Crippen LogP contribution in [0.15, 0.2) is 48.5 Å². The molecule has 120 valence electrons. The maximum atomic E-state index is 14.3. The van der Waals surface area contributed by atoms with Gasteiger partial charge >= 0.3 is 0 Å². The standard InChI is InChI=1S/C19H20FNO2/c1-23-17-11-5-4-10-16(17)21-18(22)19(12-6-7-13-19)14-8-2-3-9-15(14)20/h2-5,8-11H,6-7,12-13H2,1H3,(H,21,22). The molecule has 0 spiro atoms. The second-order valence-electron chi connectivity index (χ2n) is 5.92. The van der Waals surface area contributed by atoms with Gasteiger partial charge in [0.1, 0.15) is 11.6 Å². The summed E-state index contributed by atoms with van der Waals surface area (Å²) in [6.45, 7) is 0. The molecule has 1 aliphatic rings. The fraction of sp³-hybridized carbons (Fsp3) is 0.316. The zero-order valence-electron chi connectivity index (χ0n) is 13.1. The van der Waals surface area contributed by atoms with E-state index in [1.54, 1.807) is 37.4 Å². The lowest BCUT2D eigenvalue weighted by Gasteiger charge is -2.29. The molecule has 2 aromatic carbocycles. The van der Waals surface area contributed by atoms with Gasteiger partial charge in [-0.3, -0.25) is 4.79 Å². The molecule has 0 unspecified atom stereocenters. The van der Waals surface area contributed by atoms with Crippen LogP contribution in [0.5, 0.6) is 5.75 Å². The third-order valence-corrected chi connectivity index (χ3v) is 4.64. The van der Waals surface area contributed by atoms with E-state index in [1.165, 1.54) is 6.07 Å². The summed E-state index contributed by atoms with van der Waals surface area (Å²) in [6, 6.07) is 13.8. The number of nitrogens with one attached hydrogen (secondary N) is 1. The van der Waals surface area contributed by atoms with Crippen molar-refractivity contribution in [2.24, 2.45) is 0 Å². The number of hydrogen-bond acceptors (Lipinski definition) is 2. The van der Waals surface area contributed by atoms with Gasteiger partial charge in [-0.15, -0.1) is 0 Å². The van der Waals surface area contributed by atoms with Gasteiger partial charge in [0.15, 0.2) is 0 Å². The van der Waals surface area contributed by atoms with E-state index in [1.807, 2.05) is 12.1 Å². The molecule has 23 heavy (non-hydrogen) atoms. The number of rotatable bonds is 4. The number of halogens is 1. The third-order valence-electron chi connectivity index (χ3n) is 4.64. The first kappa shape index (κ1) is 15.5. The van der Waals surface area contributed by atoms with E-state index in [0.29, 0.717) is 29.8 Å². The molecule has 0 aromatic heterocycles. The minimum atomic E-state index is -0.799. The molecule has 0 heterocycles. The van der Waals surface area contributed by atoms with Crippen LogP contribution in [0.1, 0.15) is 31.2 Å². The summed E-state index contributed by atoms with van der Waals surface area (Å²) in [7, 11) is 1.56. The number of para-hydroxylation sites is 2. The molecule has 1 aliphatic carbocycles. The van der Waals surface area contributed by atoms with E-state index in [-0.39, 0.29) is 11.7 Å². The quantitative estimate of drug-likeness (QED) is 0.914. The number of benzene rings is 2. The Hall–Kier alpha value is -2.36. The molecule has 0 radical (unpaired) electrons. The van der Waals surface area contributed by atoms with E-state index >= 15 is 0 Å². The van der Waals surface area contributed by atoms with Crippen molar-refractivity contribution in [3.8, 4) is 5.75 Å². The van der Waals surface area contributed by atoms with Crippen LogP contribution in [0.2, 0.25) is 0 Å². The SMILES string of the molecule is COc1ccccc1NC(=O)C1(c2ccccc2F)CCCC1.